The summed E-state index contributed by atoms with van der Waals surface area (Å²) in [5.41, 5.74) is -0.436. The molecule has 1 fully saturated rings. The number of ether oxygens (including phenoxy) is 1. The van der Waals surface area contributed by atoms with Gasteiger partial charge in [-0.2, -0.15) is 0 Å². The van der Waals surface area contributed by atoms with Gasteiger partial charge < -0.3 is 15.2 Å². The number of carboxylic acid groups (broad SMARTS) is 1. The Morgan fingerprint density at radius 3 is 2.78 bits per heavy atom. The maximum absolute atomic E-state index is 11.8. The molecule has 6 nitrogen and oxygen atoms in total. The van der Waals surface area contributed by atoms with Gasteiger partial charge in [0.15, 0.2) is 0 Å². The topological polar surface area (TPSA) is 78.9 Å². The smallest absolute Gasteiger partial charge is 0.305 e. The summed E-state index contributed by atoms with van der Waals surface area (Å²) in [7, 11) is 1.62. The fourth-order valence-corrected chi connectivity index (χ4v) is 2.14. The number of hydrogen-bond acceptors (Lipinski definition) is 4. The first-order valence-corrected chi connectivity index (χ1v) is 6.10. The predicted molar refractivity (Wildman–Crippen MR) is 66.3 cm³/mol. The van der Waals surface area contributed by atoms with Crippen molar-refractivity contribution in [1.82, 2.24) is 10.2 Å². The normalized spacial score (nSPS) is 23.6. The molecule has 104 valence electrons. The molecule has 2 unspecified atom stereocenters. The van der Waals surface area contributed by atoms with Crippen LogP contribution in [0.3, 0.4) is 0 Å². The Morgan fingerprint density at radius 2 is 2.28 bits per heavy atom. The molecule has 0 spiro atoms. The Balaban J connectivity index is 2.88. The molecule has 0 aliphatic carbocycles. The maximum atomic E-state index is 11.8. The van der Waals surface area contributed by atoms with E-state index in [0.29, 0.717) is 13.1 Å². The van der Waals surface area contributed by atoms with E-state index in [4.69, 9.17) is 9.84 Å². The van der Waals surface area contributed by atoms with E-state index in [1.807, 2.05) is 25.7 Å². The molecular weight excluding hydrogens is 236 g/mol. The van der Waals surface area contributed by atoms with E-state index in [2.05, 4.69) is 5.32 Å². The molecule has 1 saturated heterocycles. The summed E-state index contributed by atoms with van der Waals surface area (Å²) in [5.74, 6) is -1.19. The van der Waals surface area contributed by atoms with E-state index in [9.17, 15) is 9.59 Å². The van der Waals surface area contributed by atoms with Crippen LogP contribution in [0.4, 0.5) is 0 Å². The highest BCUT2D eigenvalue weighted by molar-refractivity contribution is 5.86. The zero-order chi connectivity index (χ0) is 13.9. The van der Waals surface area contributed by atoms with Crippen molar-refractivity contribution in [1.29, 1.82) is 0 Å². The lowest BCUT2D eigenvalue weighted by molar-refractivity contribution is -0.146. The van der Waals surface area contributed by atoms with Gasteiger partial charge in [-0.05, 0) is 20.8 Å². The van der Waals surface area contributed by atoms with Gasteiger partial charge in [-0.15, -0.1) is 0 Å². The lowest BCUT2D eigenvalue weighted by Crippen LogP contribution is -2.62. The van der Waals surface area contributed by atoms with Crippen LogP contribution < -0.4 is 5.32 Å². The van der Waals surface area contributed by atoms with E-state index >= 15 is 0 Å². The summed E-state index contributed by atoms with van der Waals surface area (Å²) in [6, 6.07) is -0.668. The predicted octanol–water partition coefficient (Wildman–Crippen LogP) is 0.0750. The Bertz CT molecular complexity index is 330. The van der Waals surface area contributed by atoms with Gasteiger partial charge in [-0.25, -0.2) is 0 Å². The lowest BCUT2D eigenvalue weighted by atomic mass is 9.95. The SMILES string of the molecule is COC(C)(C)C(C)N1CCNC(=O)C1CC(=O)O. The second-order valence-corrected chi connectivity index (χ2v) is 5.13. The Labute approximate surface area is 107 Å². The summed E-state index contributed by atoms with van der Waals surface area (Å²) in [5, 5.41) is 11.6. The Morgan fingerprint density at radius 1 is 1.67 bits per heavy atom. The van der Waals surface area contributed by atoms with Crippen molar-refractivity contribution in [3.05, 3.63) is 0 Å². The van der Waals surface area contributed by atoms with Crippen LogP contribution in [-0.2, 0) is 14.3 Å². The second kappa shape index (κ2) is 5.67. The molecule has 1 aliphatic rings. The number of piperazine rings is 1. The quantitative estimate of drug-likeness (QED) is 0.730. The van der Waals surface area contributed by atoms with Gasteiger partial charge in [0.2, 0.25) is 5.91 Å². The fourth-order valence-electron chi connectivity index (χ4n) is 2.14. The summed E-state index contributed by atoms with van der Waals surface area (Å²) in [6.45, 7) is 7.00. The maximum Gasteiger partial charge on any atom is 0.305 e. The summed E-state index contributed by atoms with van der Waals surface area (Å²) in [6.07, 6.45) is -0.185. The number of amides is 1. The molecule has 1 amide bonds. The van der Waals surface area contributed by atoms with Crippen LogP contribution in [0.1, 0.15) is 27.2 Å². The molecule has 0 bridgehead atoms. The number of nitrogens with zero attached hydrogens (tertiary/aromatic N) is 1. The molecule has 0 radical (unpaired) electrons. The van der Waals surface area contributed by atoms with Gasteiger partial charge >= 0.3 is 5.97 Å². The van der Waals surface area contributed by atoms with Gasteiger partial charge in [-0.1, -0.05) is 0 Å². The van der Waals surface area contributed by atoms with Crippen molar-refractivity contribution in [2.45, 2.75) is 44.9 Å². The van der Waals surface area contributed by atoms with Crippen LogP contribution in [0.2, 0.25) is 0 Å². The highest BCUT2D eigenvalue weighted by Crippen LogP contribution is 2.23. The van der Waals surface area contributed by atoms with Crippen molar-refractivity contribution >= 4 is 11.9 Å². The molecule has 0 saturated carbocycles. The first-order valence-electron chi connectivity index (χ1n) is 6.10. The molecule has 0 aromatic heterocycles. The van der Waals surface area contributed by atoms with E-state index in [-0.39, 0.29) is 18.4 Å². The Kier molecular flexibility index (Phi) is 4.70. The number of nitrogens with one attached hydrogen (secondary N) is 1. The van der Waals surface area contributed by atoms with Gasteiger partial charge in [0.25, 0.3) is 0 Å². The highest BCUT2D eigenvalue weighted by Gasteiger charge is 2.39. The van der Waals surface area contributed by atoms with Gasteiger partial charge in [0, 0.05) is 26.2 Å². The number of methoxy groups -OCH3 is 1. The summed E-state index contributed by atoms with van der Waals surface area (Å²) < 4.78 is 5.42. The third-order valence-corrected chi connectivity index (χ3v) is 3.77. The minimum atomic E-state index is -0.968. The van der Waals surface area contributed by atoms with Crippen molar-refractivity contribution in [3.8, 4) is 0 Å². The summed E-state index contributed by atoms with van der Waals surface area (Å²) >= 11 is 0. The molecule has 1 rings (SSSR count). The number of carbonyl (C=O) groups excluding carboxylic acids is 1. The van der Waals surface area contributed by atoms with E-state index in [1.165, 1.54) is 0 Å². The second-order valence-electron chi connectivity index (χ2n) is 5.13. The van der Waals surface area contributed by atoms with Crippen molar-refractivity contribution in [3.63, 3.8) is 0 Å². The molecule has 1 heterocycles. The third kappa shape index (κ3) is 3.20. The molecule has 0 aromatic carbocycles. The van der Waals surface area contributed by atoms with Crippen molar-refractivity contribution in [2.75, 3.05) is 20.2 Å². The minimum Gasteiger partial charge on any atom is -0.481 e. The van der Waals surface area contributed by atoms with Crippen LogP contribution >= 0.6 is 0 Å². The first kappa shape index (κ1) is 14.9. The van der Waals surface area contributed by atoms with Crippen molar-refractivity contribution < 1.29 is 19.4 Å². The molecule has 1 aliphatic heterocycles. The standard InChI is InChI=1S/C12H22N2O4/c1-8(12(2,3)18-4)14-6-5-13-11(17)9(14)7-10(15)16/h8-9H,5-7H2,1-4H3,(H,13,17)(H,15,16). The zero-order valence-corrected chi connectivity index (χ0v) is 11.4. The highest BCUT2D eigenvalue weighted by atomic mass is 16.5. The molecule has 6 heteroatoms. The largest absolute Gasteiger partial charge is 0.481 e. The zero-order valence-electron chi connectivity index (χ0n) is 11.4. The van der Waals surface area contributed by atoms with Crippen LogP contribution in [0, 0.1) is 0 Å². The van der Waals surface area contributed by atoms with E-state index in [1.54, 1.807) is 7.11 Å². The van der Waals surface area contributed by atoms with Crippen molar-refractivity contribution in [2.24, 2.45) is 0 Å². The number of carbonyl (C=O) groups is 2. The number of rotatable bonds is 5. The minimum absolute atomic E-state index is 0.0436. The monoisotopic (exact) mass is 258 g/mol. The lowest BCUT2D eigenvalue weighted by Gasteiger charge is -2.44. The number of carboxylic acids is 1. The van der Waals surface area contributed by atoms with E-state index < -0.39 is 17.6 Å². The van der Waals surface area contributed by atoms with Crippen LogP contribution in [0.25, 0.3) is 0 Å². The van der Waals surface area contributed by atoms with Crippen LogP contribution in [0.15, 0.2) is 0 Å². The average molecular weight is 258 g/mol. The van der Waals surface area contributed by atoms with Gasteiger partial charge in [0.1, 0.15) is 6.04 Å². The number of aliphatic carboxylic acids is 1. The average Bonchev–Trinajstić information content (AvgIpc) is 2.30. The van der Waals surface area contributed by atoms with Crippen LogP contribution in [-0.4, -0.2) is 59.8 Å². The van der Waals surface area contributed by atoms with Gasteiger partial charge in [0.05, 0.1) is 12.0 Å². The van der Waals surface area contributed by atoms with E-state index in [0.717, 1.165) is 0 Å². The molecule has 2 atom stereocenters. The Hall–Kier alpha value is -1.14. The molecular formula is C12H22N2O4. The van der Waals surface area contributed by atoms with Gasteiger partial charge in [-0.3, -0.25) is 14.5 Å². The molecule has 2 N–H and O–H groups in total. The summed E-state index contributed by atoms with van der Waals surface area (Å²) in [4.78, 5) is 24.6. The number of hydrogen-bond donors (Lipinski definition) is 2. The first-order chi connectivity index (χ1) is 8.29. The van der Waals surface area contributed by atoms with Crippen LogP contribution in [0.5, 0.6) is 0 Å². The third-order valence-electron chi connectivity index (χ3n) is 3.77. The fraction of sp³-hybridized carbons (Fsp3) is 0.833. The molecule has 18 heavy (non-hydrogen) atoms. The molecule has 0 aromatic rings.